The fourth-order valence-electron chi connectivity index (χ4n) is 1.79. The standard InChI is InChI=1S/C15H18N4O2/c1-15(2,9-16)10-3-5-11(6-4-10)17-14(21)12-7-8-13(20)19-18-12/h3-8H,9,16H2,1-2H3,(H,17,21)(H,19,20). The molecule has 4 N–H and O–H groups in total. The van der Waals surface area contributed by atoms with Crippen molar-refractivity contribution in [2.24, 2.45) is 5.73 Å². The van der Waals surface area contributed by atoms with Crippen LogP contribution < -0.4 is 16.6 Å². The average molecular weight is 286 g/mol. The zero-order valence-electron chi connectivity index (χ0n) is 12.0. The third-order valence-electron chi connectivity index (χ3n) is 3.35. The van der Waals surface area contributed by atoms with Gasteiger partial charge in [-0.1, -0.05) is 26.0 Å². The van der Waals surface area contributed by atoms with Gasteiger partial charge in [0.25, 0.3) is 11.5 Å². The Morgan fingerprint density at radius 2 is 1.90 bits per heavy atom. The molecule has 1 heterocycles. The van der Waals surface area contributed by atoms with Gasteiger partial charge < -0.3 is 11.1 Å². The number of benzene rings is 1. The van der Waals surface area contributed by atoms with Crippen molar-refractivity contribution >= 4 is 11.6 Å². The van der Waals surface area contributed by atoms with Crippen molar-refractivity contribution < 1.29 is 4.79 Å². The summed E-state index contributed by atoms with van der Waals surface area (Å²) in [6.45, 7) is 4.66. The number of hydrogen-bond acceptors (Lipinski definition) is 4. The molecule has 2 rings (SSSR count). The van der Waals surface area contributed by atoms with Gasteiger partial charge in [0.2, 0.25) is 0 Å². The van der Waals surface area contributed by atoms with Gasteiger partial charge >= 0.3 is 0 Å². The van der Waals surface area contributed by atoms with E-state index in [0.29, 0.717) is 12.2 Å². The summed E-state index contributed by atoms with van der Waals surface area (Å²) >= 11 is 0. The fourth-order valence-corrected chi connectivity index (χ4v) is 1.79. The first kappa shape index (κ1) is 14.9. The lowest BCUT2D eigenvalue weighted by molar-refractivity contribution is 0.102. The first-order chi connectivity index (χ1) is 9.92. The molecule has 6 nitrogen and oxygen atoms in total. The van der Waals surface area contributed by atoms with Gasteiger partial charge in [-0.2, -0.15) is 5.10 Å². The van der Waals surface area contributed by atoms with Crippen molar-refractivity contribution in [3.05, 3.63) is 58.0 Å². The average Bonchev–Trinajstić information content (AvgIpc) is 2.48. The number of aromatic amines is 1. The zero-order valence-corrected chi connectivity index (χ0v) is 12.0. The predicted molar refractivity (Wildman–Crippen MR) is 81.3 cm³/mol. The molecule has 0 spiro atoms. The van der Waals surface area contributed by atoms with E-state index in [-0.39, 0.29) is 22.6 Å². The van der Waals surface area contributed by atoms with Gasteiger partial charge in [0.1, 0.15) is 5.69 Å². The second-order valence-electron chi connectivity index (χ2n) is 5.43. The normalized spacial score (nSPS) is 11.2. The summed E-state index contributed by atoms with van der Waals surface area (Å²) in [6.07, 6.45) is 0. The molecule has 1 aromatic carbocycles. The Balaban J connectivity index is 2.12. The van der Waals surface area contributed by atoms with Gasteiger partial charge in [0.05, 0.1) is 0 Å². The molecular formula is C15H18N4O2. The largest absolute Gasteiger partial charge is 0.330 e. The highest BCUT2D eigenvalue weighted by Gasteiger charge is 2.18. The molecule has 1 amide bonds. The van der Waals surface area contributed by atoms with Crippen LogP contribution in [0.4, 0.5) is 5.69 Å². The van der Waals surface area contributed by atoms with Gasteiger partial charge in [-0.05, 0) is 23.8 Å². The molecule has 0 fully saturated rings. The first-order valence-electron chi connectivity index (χ1n) is 6.60. The fraction of sp³-hybridized carbons (Fsp3) is 0.267. The van der Waals surface area contributed by atoms with Gasteiger partial charge in [0.15, 0.2) is 0 Å². The molecular weight excluding hydrogens is 268 g/mol. The minimum Gasteiger partial charge on any atom is -0.330 e. The number of carbonyl (C=O) groups excluding carboxylic acids is 1. The lowest BCUT2D eigenvalue weighted by atomic mass is 9.85. The molecule has 0 aliphatic heterocycles. The van der Waals surface area contributed by atoms with Crippen molar-refractivity contribution in [3.63, 3.8) is 0 Å². The molecule has 110 valence electrons. The number of rotatable bonds is 4. The monoisotopic (exact) mass is 286 g/mol. The molecule has 0 aliphatic rings. The molecule has 0 saturated heterocycles. The highest BCUT2D eigenvalue weighted by molar-refractivity contribution is 6.02. The van der Waals surface area contributed by atoms with Crippen molar-refractivity contribution in [3.8, 4) is 0 Å². The summed E-state index contributed by atoms with van der Waals surface area (Å²) in [5.41, 5.74) is 7.20. The van der Waals surface area contributed by atoms with Crippen LogP contribution in [0.3, 0.4) is 0 Å². The second kappa shape index (κ2) is 5.88. The number of nitrogens with zero attached hydrogens (tertiary/aromatic N) is 1. The highest BCUT2D eigenvalue weighted by Crippen LogP contribution is 2.23. The quantitative estimate of drug-likeness (QED) is 0.787. The summed E-state index contributed by atoms with van der Waals surface area (Å²) in [6, 6.07) is 10.1. The van der Waals surface area contributed by atoms with E-state index in [4.69, 9.17) is 5.73 Å². The Bertz CT molecular complexity index is 669. The number of carbonyl (C=O) groups is 1. The summed E-state index contributed by atoms with van der Waals surface area (Å²) in [4.78, 5) is 22.9. The van der Waals surface area contributed by atoms with Gasteiger partial charge in [-0.3, -0.25) is 9.59 Å². The molecule has 0 radical (unpaired) electrons. The Kier molecular flexibility index (Phi) is 4.18. The van der Waals surface area contributed by atoms with Gasteiger partial charge in [-0.15, -0.1) is 0 Å². The first-order valence-corrected chi connectivity index (χ1v) is 6.60. The maximum Gasteiger partial charge on any atom is 0.276 e. The Hall–Kier alpha value is -2.47. The van der Waals surface area contributed by atoms with E-state index in [2.05, 4.69) is 29.4 Å². The second-order valence-corrected chi connectivity index (χ2v) is 5.43. The summed E-state index contributed by atoms with van der Waals surface area (Å²) in [7, 11) is 0. The van der Waals surface area contributed by atoms with E-state index < -0.39 is 0 Å². The molecule has 6 heteroatoms. The molecule has 1 aromatic heterocycles. The van der Waals surface area contributed by atoms with Gasteiger partial charge in [0, 0.05) is 23.7 Å². The Morgan fingerprint density at radius 3 is 2.43 bits per heavy atom. The van der Waals surface area contributed by atoms with Crippen LogP contribution >= 0.6 is 0 Å². The van der Waals surface area contributed by atoms with Crippen LogP contribution in [0.2, 0.25) is 0 Å². The minimum atomic E-state index is -0.378. The number of H-pyrrole nitrogens is 1. The predicted octanol–water partition coefficient (Wildman–Crippen LogP) is 1.26. The summed E-state index contributed by atoms with van der Waals surface area (Å²) < 4.78 is 0. The van der Waals surface area contributed by atoms with Crippen molar-refractivity contribution in [1.82, 2.24) is 10.2 Å². The number of aromatic nitrogens is 2. The lowest BCUT2D eigenvalue weighted by Crippen LogP contribution is -2.28. The number of anilines is 1. The third kappa shape index (κ3) is 3.55. The van der Waals surface area contributed by atoms with E-state index in [1.165, 1.54) is 12.1 Å². The maximum absolute atomic E-state index is 11.9. The van der Waals surface area contributed by atoms with Crippen LogP contribution in [0.15, 0.2) is 41.2 Å². The molecule has 2 aromatic rings. The van der Waals surface area contributed by atoms with Crippen LogP contribution in [0.1, 0.15) is 29.9 Å². The Labute approximate surface area is 122 Å². The Morgan fingerprint density at radius 1 is 1.24 bits per heavy atom. The van der Waals surface area contributed by atoms with Crippen LogP contribution in [-0.2, 0) is 5.41 Å². The molecule has 0 unspecified atom stereocenters. The lowest BCUT2D eigenvalue weighted by Gasteiger charge is -2.23. The summed E-state index contributed by atoms with van der Waals surface area (Å²) in [5.74, 6) is -0.378. The van der Waals surface area contributed by atoms with E-state index in [9.17, 15) is 9.59 Å². The molecule has 0 saturated carbocycles. The van der Waals surface area contributed by atoms with E-state index in [1.54, 1.807) is 0 Å². The SMILES string of the molecule is CC(C)(CN)c1ccc(NC(=O)c2ccc(=O)[nH]n2)cc1. The van der Waals surface area contributed by atoms with Crippen molar-refractivity contribution in [2.45, 2.75) is 19.3 Å². The number of nitrogens with two attached hydrogens (primary N) is 1. The van der Waals surface area contributed by atoms with Crippen LogP contribution in [0.5, 0.6) is 0 Å². The van der Waals surface area contributed by atoms with Crippen LogP contribution in [0, 0.1) is 0 Å². The van der Waals surface area contributed by atoms with E-state index in [1.807, 2.05) is 24.3 Å². The van der Waals surface area contributed by atoms with E-state index in [0.717, 1.165) is 5.56 Å². The van der Waals surface area contributed by atoms with Crippen molar-refractivity contribution in [2.75, 3.05) is 11.9 Å². The minimum absolute atomic E-state index is 0.108. The summed E-state index contributed by atoms with van der Waals surface area (Å²) in [5, 5.41) is 8.62. The molecule has 0 aliphatic carbocycles. The zero-order chi connectivity index (χ0) is 15.5. The topological polar surface area (TPSA) is 101 Å². The number of amides is 1. The highest BCUT2D eigenvalue weighted by atomic mass is 16.2. The van der Waals surface area contributed by atoms with Crippen molar-refractivity contribution in [1.29, 1.82) is 0 Å². The smallest absolute Gasteiger partial charge is 0.276 e. The van der Waals surface area contributed by atoms with Crippen LogP contribution in [-0.4, -0.2) is 22.6 Å². The van der Waals surface area contributed by atoms with E-state index >= 15 is 0 Å². The molecule has 21 heavy (non-hydrogen) atoms. The maximum atomic E-state index is 11.9. The van der Waals surface area contributed by atoms with Crippen LogP contribution in [0.25, 0.3) is 0 Å². The molecule has 0 bridgehead atoms. The van der Waals surface area contributed by atoms with Gasteiger partial charge in [-0.25, -0.2) is 5.10 Å². The molecule has 0 atom stereocenters. The number of hydrogen-bond donors (Lipinski definition) is 3. The number of nitrogens with one attached hydrogen (secondary N) is 2. The third-order valence-corrected chi connectivity index (χ3v) is 3.35.